The minimum Gasteiger partial charge on any atom is -0.497 e. The number of rotatable bonds is 7. The topological polar surface area (TPSA) is 106 Å². The first kappa shape index (κ1) is 30.6. The quantitative estimate of drug-likeness (QED) is 0.174. The number of sulfonamides is 1. The molecule has 0 radical (unpaired) electrons. The van der Waals surface area contributed by atoms with Crippen LogP contribution in [0.2, 0.25) is 5.02 Å². The van der Waals surface area contributed by atoms with Gasteiger partial charge in [-0.3, -0.25) is 5.32 Å². The normalized spacial score (nSPS) is 12.0. The van der Waals surface area contributed by atoms with Crippen LogP contribution in [-0.4, -0.2) is 33.2 Å². The van der Waals surface area contributed by atoms with Crippen molar-refractivity contribution in [1.29, 1.82) is 0 Å². The highest BCUT2D eigenvalue weighted by Crippen LogP contribution is 2.34. The Labute approximate surface area is 251 Å². The lowest BCUT2D eigenvalue weighted by atomic mass is 9.93. The second kappa shape index (κ2) is 13.1. The van der Waals surface area contributed by atoms with Crippen molar-refractivity contribution in [3.05, 3.63) is 108 Å². The molecule has 0 atom stereocenters. The molecule has 0 aromatic heterocycles. The Kier molecular flexibility index (Phi) is 9.55. The molecule has 4 aromatic carbocycles. The number of methoxy groups -OCH3 is 1. The maximum absolute atomic E-state index is 13.0. The van der Waals surface area contributed by atoms with Crippen LogP contribution >= 0.6 is 11.6 Å². The molecule has 8 nitrogen and oxygen atoms in total. The number of carbonyl (C=O) groups is 1. The van der Waals surface area contributed by atoms with Crippen molar-refractivity contribution in [2.24, 2.45) is 4.99 Å². The molecule has 0 aliphatic heterocycles. The molecule has 10 heteroatoms. The Bertz CT molecular complexity index is 1670. The van der Waals surface area contributed by atoms with Gasteiger partial charge in [-0.05, 0) is 91.1 Å². The van der Waals surface area contributed by atoms with E-state index in [4.69, 9.17) is 21.1 Å². The van der Waals surface area contributed by atoms with Crippen molar-refractivity contribution in [3.63, 3.8) is 0 Å². The molecule has 4 aromatic rings. The van der Waals surface area contributed by atoms with E-state index in [9.17, 15) is 13.2 Å². The van der Waals surface area contributed by atoms with E-state index < -0.39 is 21.7 Å². The minimum atomic E-state index is -4.03. The first-order valence-corrected chi connectivity index (χ1v) is 15.0. The molecule has 2 N–H and O–H groups in total. The smallest absolute Gasteiger partial charge is 0.414 e. The fraction of sp³-hybridized carbons (Fsp3) is 0.188. The molecule has 0 aliphatic rings. The number of alkyl carbamates (subject to hydrolysis) is 1. The Morgan fingerprint density at radius 3 is 2.10 bits per heavy atom. The number of hydrogen-bond acceptors (Lipinski definition) is 6. The zero-order valence-electron chi connectivity index (χ0n) is 23.7. The highest BCUT2D eigenvalue weighted by molar-refractivity contribution is 7.90. The lowest BCUT2D eigenvalue weighted by Gasteiger charge is -2.20. The van der Waals surface area contributed by atoms with Gasteiger partial charge in [-0.1, -0.05) is 66.2 Å². The number of nitrogens with zero attached hydrogens (tertiary/aromatic N) is 1. The number of guanidine groups is 1. The van der Waals surface area contributed by atoms with Gasteiger partial charge in [0.1, 0.15) is 11.4 Å². The Morgan fingerprint density at radius 1 is 0.857 bits per heavy atom. The number of halogens is 1. The van der Waals surface area contributed by atoms with Gasteiger partial charge in [-0.2, -0.15) is 0 Å². The number of aliphatic imine (C=N–C) groups is 1. The summed E-state index contributed by atoms with van der Waals surface area (Å²) < 4.78 is 39.1. The maximum atomic E-state index is 13.0. The van der Waals surface area contributed by atoms with Gasteiger partial charge in [-0.25, -0.2) is 22.9 Å². The van der Waals surface area contributed by atoms with Gasteiger partial charge in [0.15, 0.2) is 0 Å². The van der Waals surface area contributed by atoms with Crippen LogP contribution in [0.25, 0.3) is 22.3 Å². The number of nitrogens with one attached hydrogen (secondary N) is 2. The Morgan fingerprint density at radius 2 is 1.48 bits per heavy atom. The highest BCUT2D eigenvalue weighted by Gasteiger charge is 2.21. The first-order valence-electron chi connectivity index (χ1n) is 13.1. The summed E-state index contributed by atoms with van der Waals surface area (Å²) in [5.74, 6) is 0.469. The van der Waals surface area contributed by atoms with Crippen molar-refractivity contribution in [2.75, 3.05) is 7.11 Å². The van der Waals surface area contributed by atoms with Crippen LogP contribution in [0.4, 0.5) is 4.79 Å². The summed E-state index contributed by atoms with van der Waals surface area (Å²) in [6.45, 7) is 5.19. The first-order chi connectivity index (χ1) is 19.9. The second-order valence-electron chi connectivity index (χ2n) is 10.3. The molecular formula is C32H32ClN3O5S. The van der Waals surface area contributed by atoms with Crippen LogP contribution < -0.4 is 14.8 Å². The molecular weight excluding hydrogens is 574 g/mol. The monoisotopic (exact) mass is 605 g/mol. The van der Waals surface area contributed by atoms with E-state index in [1.54, 1.807) is 46.1 Å². The summed E-state index contributed by atoms with van der Waals surface area (Å²) >= 11 is 6.13. The predicted octanol–water partition coefficient (Wildman–Crippen LogP) is 7.04. The summed E-state index contributed by atoms with van der Waals surface area (Å²) in [7, 11) is -2.42. The lowest BCUT2D eigenvalue weighted by molar-refractivity contribution is 0.0562. The lowest BCUT2D eigenvalue weighted by Crippen LogP contribution is -2.45. The molecule has 0 saturated heterocycles. The average Bonchev–Trinajstić information content (AvgIpc) is 2.95. The van der Waals surface area contributed by atoms with E-state index in [-0.39, 0.29) is 17.4 Å². The van der Waals surface area contributed by atoms with E-state index >= 15 is 0 Å². The van der Waals surface area contributed by atoms with Crippen LogP contribution in [-0.2, 0) is 21.3 Å². The molecule has 0 heterocycles. The van der Waals surface area contributed by atoms with Crippen LogP contribution in [0.1, 0.15) is 26.3 Å². The van der Waals surface area contributed by atoms with Gasteiger partial charge in [-0.15, -0.1) is 0 Å². The molecule has 218 valence electrons. The van der Waals surface area contributed by atoms with Crippen molar-refractivity contribution in [1.82, 2.24) is 10.0 Å². The number of amides is 1. The number of carbonyl (C=O) groups excluding carboxylic acids is 1. The van der Waals surface area contributed by atoms with Gasteiger partial charge in [0.2, 0.25) is 5.96 Å². The van der Waals surface area contributed by atoms with Crippen molar-refractivity contribution in [2.45, 2.75) is 37.8 Å². The van der Waals surface area contributed by atoms with Gasteiger partial charge in [0.05, 0.1) is 18.6 Å². The summed E-state index contributed by atoms with van der Waals surface area (Å²) in [6, 6.07) is 28.9. The third-order valence-corrected chi connectivity index (χ3v) is 7.57. The largest absolute Gasteiger partial charge is 0.497 e. The molecule has 4 rings (SSSR count). The second-order valence-corrected chi connectivity index (χ2v) is 12.4. The third kappa shape index (κ3) is 8.34. The Balaban J connectivity index is 1.70. The van der Waals surface area contributed by atoms with Gasteiger partial charge in [0, 0.05) is 5.02 Å². The third-order valence-electron chi connectivity index (χ3n) is 5.96. The minimum absolute atomic E-state index is 0.0257. The number of hydrogen-bond donors (Lipinski definition) is 2. The van der Waals surface area contributed by atoms with E-state index in [2.05, 4.69) is 15.0 Å². The van der Waals surface area contributed by atoms with Crippen molar-refractivity contribution in [3.8, 4) is 28.0 Å². The summed E-state index contributed by atoms with van der Waals surface area (Å²) in [4.78, 5) is 17.0. The molecule has 0 saturated carbocycles. The molecule has 0 bridgehead atoms. The van der Waals surface area contributed by atoms with E-state index in [0.717, 1.165) is 33.6 Å². The average molecular weight is 606 g/mol. The maximum Gasteiger partial charge on any atom is 0.414 e. The molecule has 0 unspecified atom stereocenters. The molecule has 42 heavy (non-hydrogen) atoms. The van der Waals surface area contributed by atoms with Crippen LogP contribution in [0, 0.1) is 0 Å². The molecule has 0 spiro atoms. The predicted molar refractivity (Wildman–Crippen MR) is 166 cm³/mol. The van der Waals surface area contributed by atoms with Gasteiger partial charge in [0.25, 0.3) is 10.0 Å². The standard InChI is InChI=1S/C32H32ClN3O5S/c1-32(2,3)41-31(37)35-30(36-42(38,39)27-8-6-5-7-9-27)34-21-22-10-19-28(23-11-15-25(33)16-12-23)29(20-22)24-13-17-26(40-4)18-14-24/h5-20H,21H2,1-4H3,(H2,34,35,36,37). The SMILES string of the molecule is COc1ccc(-c2cc(CN=C(NC(=O)OC(C)(C)C)NS(=O)(=O)c3ccccc3)ccc2-c2ccc(Cl)cc2)cc1. The van der Waals surface area contributed by atoms with E-state index in [0.29, 0.717) is 5.02 Å². The molecule has 0 aliphatic carbocycles. The zero-order valence-corrected chi connectivity index (χ0v) is 25.3. The van der Waals surface area contributed by atoms with Gasteiger partial charge >= 0.3 is 6.09 Å². The van der Waals surface area contributed by atoms with Gasteiger partial charge < -0.3 is 9.47 Å². The fourth-order valence-electron chi connectivity index (χ4n) is 4.03. The summed E-state index contributed by atoms with van der Waals surface area (Å²) in [6.07, 6.45) is -0.839. The molecule has 0 fully saturated rings. The fourth-order valence-corrected chi connectivity index (χ4v) is 5.16. The molecule has 1 amide bonds. The van der Waals surface area contributed by atoms with Crippen molar-refractivity contribution >= 4 is 33.7 Å². The van der Waals surface area contributed by atoms with E-state index in [1.165, 1.54) is 12.1 Å². The Hall–Kier alpha value is -4.34. The van der Waals surface area contributed by atoms with E-state index in [1.807, 2.05) is 66.7 Å². The van der Waals surface area contributed by atoms with Crippen LogP contribution in [0.3, 0.4) is 0 Å². The van der Waals surface area contributed by atoms with Crippen molar-refractivity contribution < 1.29 is 22.7 Å². The number of benzene rings is 4. The van der Waals surface area contributed by atoms with Crippen LogP contribution in [0.5, 0.6) is 5.75 Å². The van der Waals surface area contributed by atoms with Crippen LogP contribution in [0.15, 0.2) is 107 Å². The summed E-state index contributed by atoms with van der Waals surface area (Å²) in [5.41, 5.74) is 3.81. The summed E-state index contributed by atoms with van der Waals surface area (Å²) in [5, 5.41) is 3.08. The zero-order chi connectivity index (χ0) is 30.3. The highest BCUT2D eigenvalue weighted by atomic mass is 35.5. The number of ether oxygens (including phenoxy) is 2.